The molecule has 2 aliphatic rings. The van der Waals surface area contributed by atoms with Crippen molar-refractivity contribution in [3.8, 4) is 5.75 Å². The van der Waals surface area contributed by atoms with Crippen LogP contribution in [0.1, 0.15) is 23.2 Å². The van der Waals surface area contributed by atoms with Gasteiger partial charge in [0, 0.05) is 49.3 Å². The third kappa shape index (κ3) is 4.39. The van der Waals surface area contributed by atoms with Crippen molar-refractivity contribution < 1.29 is 14.3 Å². The number of rotatable bonds is 4. The van der Waals surface area contributed by atoms with Gasteiger partial charge in [0.05, 0.1) is 19.8 Å². The predicted molar refractivity (Wildman–Crippen MR) is 108 cm³/mol. The van der Waals surface area contributed by atoms with Gasteiger partial charge in [-0.25, -0.2) is 0 Å². The van der Waals surface area contributed by atoms with E-state index in [0.717, 1.165) is 51.4 Å². The first-order valence-corrected chi connectivity index (χ1v) is 10.1. The molecule has 1 amide bonds. The van der Waals surface area contributed by atoms with Crippen LogP contribution in [0.2, 0.25) is 5.02 Å². The van der Waals surface area contributed by atoms with E-state index in [2.05, 4.69) is 9.88 Å². The molecular formula is C21H24ClN3O3. The zero-order chi connectivity index (χ0) is 19.3. The Bertz CT molecular complexity index is 809. The lowest BCUT2D eigenvalue weighted by Gasteiger charge is -2.33. The van der Waals surface area contributed by atoms with Gasteiger partial charge >= 0.3 is 0 Å². The Kier molecular flexibility index (Phi) is 5.98. The molecule has 2 fully saturated rings. The highest BCUT2D eigenvalue weighted by molar-refractivity contribution is 6.31. The predicted octanol–water partition coefficient (Wildman–Crippen LogP) is 3.26. The second-order valence-corrected chi connectivity index (χ2v) is 7.49. The number of hydrogen-bond donors (Lipinski definition) is 0. The highest BCUT2D eigenvalue weighted by atomic mass is 35.5. The Morgan fingerprint density at radius 3 is 2.68 bits per heavy atom. The normalized spacial score (nSPS) is 20.1. The van der Waals surface area contributed by atoms with Crippen molar-refractivity contribution in [1.82, 2.24) is 9.88 Å². The number of anilines is 1. The average Bonchev–Trinajstić information content (AvgIpc) is 2.76. The van der Waals surface area contributed by atoms with Crippen LogP contribution in [0, 0.1) is 0 Å². The molecule has 2 aromatic rings. The second kappa shape index (κ2) is 8.80. The van der Waals surface area contributed by atoms with Crippen LogP contribution in [0.15, 0.2) is 42.7 Å². The molecule has 0 aliphatic carbocycles. The van der Waals surface area contributed by atoms with E-state index in [9.17, 15) is 4.79 Å². The van der Waals surface area contributed by atoms with Crippen LogP contribution in [0.5, 0.6) is 5.75 Å². The molecule has 6 nitrogen and oxygen atoms in total. The summed E-state index contributed by atoms with van der Waals surface area (Å²) in [6, 6.07) is 9.63. The molecule has 0 unspecified atom stereocenters. The van der Waals surface area contributed by atoms with Crippen LogP contribution in [0.3, 0.4) is 0 Å². The first-order chi connectivity index (χ1) is 13.7. The summed E-state index contributed by atoms with van der Waals surface area (Å²) in [7, 11) is 0. The van der Waals surface area contributed by atoms with Crippen LogP contribution in [0.25, 0.3) is 0 Å². The lowest BCUT2D eigenvalue weighted by atomic mass is 10.1. The van der Waals surface area contributed by atoms with Gasteiger partial charge in [-0.2, -0.15) is 0 Å². The largest absolute Gasteiger partial charge is 0.487 e. The van der Waals surface area contributed by atoms with Gasteiger partial charge in [0.15, 0.2) is 0 Å². The number of morpholine rings is 1. The molecule has 4 rings (SSSR count). The minimum atomic E-state index is -0.0646. The fourth-order valence-corrected chi connectivity index (χ4v) is 3.84. The zero-order valence-electron chi connectivity index (χ0n) is 15.7. The molecule has 0 bridgehead atoms. The first-order valence-electron chi connectivity index (χ1n) is 9.69. The molecule has 0 spiro atoms. The number of halogens is 1. The van der Waals surface area contributed by atoms with Gasteiger partial charge in [0.1, 0.15) is 16.9 Å². The monoisotopic (exact) mass is 401 g/mol. The molecule has 28 heavy (non-hydrogen) atoms. The average molecular weight is 402 g/mol. The fraction of sp³-hybridized carbons (Fsp3) is 0.429. The van der Waals surface area contributed by atoms with E-state index in [4.69, 9.17) is 21.1 Å². The third-order valence-corrected chi connectivity index (χ3v) is 5.47. The fourth-order valence-electron chi connectivity index (χ4n) is 3.68. The molecule has 2 saturated heterocycles. The molecule has 2 aliphatic heterocycles. The number of benzene rings is 1. The van der Waals surface area contributed by atoms with E-state index in [1.54, 1.807) is 18.5 Å². The molecule has 1 atom stereocenters. The quantitative estimate of drug-likeness (QED) is 0.787. The molecule has 148 valence electrons. The Hall–Kier alpha value is -2.31. The summed E-state index contributed by atoms with van der Waals surface area (Å²) in [5, 5.41) is 0.490. The molecular weight excluding hydrogens is 378 g/mol. The van der Waals surface area contributed by atoms with E-state index < -0.39 is 0 Å². The van der Waals surface area contributed by atoms with E-state index >= 15 is 0 Å². The number of piperidine rings is 1. The molecule has 3 heterocycles. The van der Waals surface area contributed by atoms with Crippen LogP contribution >= 0.6 is 11.6 Å². The lowest BCUT2D eigenvalue weighted by Crippen LogP contribution is -2.44. The summed E-state index contributed by atoms with van der Waals surface area (Å²) in [5.74, 6) is 0.661. The summed E-state index contributed by atoms with van der Waals surface area (Å²) >= 11 is 6.14. The number of amides is 1. The smallest absolute Gasteiger partial charge is 0.253 e. The molecule has 0 N–H and O–H groups in total. The lowest BCUT2D eigenvalue weighted by molar-refractivity contribution is 0.0538. The van der Waals surface area contributed by atoms with E-state index in [1.807, 2.05) is 29.2 Å². The van der Waals surface area contributed by atoms with E-state index in [1.165, 1.54) is 0 Å². The van der Waals surface area contributed by atoms with Crippen molar-refractivity contribution in [2.45, 2.75) is 18.9 Å². The molecule has 1 aromatic heterocycles. The van der Waals surface area contributed by atoms with E-state index in [0.29, 0.717) is 22.9 Å². The maximum Gasteiger partial charge on any atom is 0.253 e. The Labute approximate surface area is 170 Å². The summed E-state index contributed by atoms with van der Waals surface area (Å²) in [4.78, 5) is 21.1. The van der Waals surface area contributed by atoms with Gasteiger partial charge in [-0.3, -0.25) is 9.78 Å². The van der Waals surface area contributed by atoms with Gasteiger partial charge in [0.2, 0.25) is 0 Å². The number of likely N-dealkylation sites (tertiary alicyclic amines) is 1. The maximum absolute atomic E-state index is 13.0. The number of ether oxygens (including phenoxy) is 2. The number of pyridine rings is 1. The number of nitrogens with zero attached hydrogens (tertiary/aromatic N) is 3. The van der Waals surface area contributed by atoms with Gasteiger partial charge in [0.25, 0.3) is 5.91 Å². The number of aromatic nitrogens is 1. The molecule has 7 heteroatoms. The van der Waals surface area contributed by atoms with E-state index in [-0.39, 0.29) is 12.0 Å². The topological polar surface area (TPSA) is 54.9 Å². The Balaban J connectivity index is 1.39. The van der Waals surface area contributed by atoms with Crippen molar-refractivity contribution in [2.75, 3.05) is 44.3 Å². The summed E-state index contributed by atoms with van der Waals surface area (Å²) in [6.07, 6.45) is 4.97. The van der Waals surface area contributed by atoms with Crippen LogP contribution in [0.4, 0.5) is 5.69 Å². The summed E-state index contributed by atoms with van der Waals surface area (Å²) in [5.41, 5.74) is 1.84. The highest BCUT2D eigenvalue weighted by Crippen LogP contribution is 2.26. The number of carbonyl (C=O) groups is 1. The minimum Gasteiger partial charge on any atom is -0.487 e. The third-order valence-electron chi connectivity index (χ3n) is 5.18. The highest BCUT2D eigenvalue weighted by Gasteiger charge is 2.26. The molecule has 0 radical (unpaired) electrons. The minimum absolute atomic E-state index is 0.0441. The summed E-state index contributed by atoms with van der Waals surface area (Å²) in [6.45, 7) is 4.57. The van der Waals surface area contributed by atoms with Crippen LogP contribution < -0.4 is 9.64 Å². The molecule has 0 saturated carbocycles. The van der Waals surface area contributed by atoms with Crippen molar-refractivity contribution in [2.24, 2.45) is 0 Å². The van der Waals surface area contributed by atoms with Gasteiger partial charge < -0.3 is 19.3 Å². The SMILES string of the molecule is O=C(c1ccc(N2CCOCC2)cc1)N1CCC[C@H](Oc2ccncc2Cl)C1. The number of hydrogen-bond acceptors (Lipinski definition) is 5. The van der Waals surface area contributed by atoms with Crippen molar-refractivity contribution in [3.63, 3.8) is 0 Å². The van der Waals surface area contributed by atoms with Gasteiger partial charge in [-0.15, -0.1) is 0 Å². The second-order valence-electron chi connectivity index (χ2n) is 7.09. The maximum atomic E-state index is 13.0. The van der Waals surface area contributed by atoms with Crippen LogP contribution in [-0.4, -0.2) is 61.3 Å². The van der Waals surface area contributed by atoms with Crippen LogP contribution in [-0.2, 0) is 4.74 Å². The zero-order valence-corrected chi connectivity index (χ0v) is 16.5. The Morgan fingerprint density at radius 1 is 1.14 bits per heavy atom. The first kappa shape index (κ1) is 19.0. The van der Waals surface area contributed by atoms with Gasteiger partial charge in [-0.05, 0) is 37.1 Å². The van der Waals surface area contributed by atoms with Crippen molar-refractivity contribution in [3.05, 3.63) is 53.3 Å². The standard InChI is InChI=1S/C21H24ClN3O3/c22-19-14-23-8-7-20(19)28-18-2-1-9-25(15-18)21(26)16-3-5-17(6-4-16)24-10-12-27-13-11-24/h3-8,14,18H,1-2,9-13,15H2/t18-/m0/s1. The molecule has 1 aromatic carbocycles. The van der Waals surface area contributed by atoms with Crippen molar-refractivity contribution >= 4 is 23.2 Å². The van der Waals surface area contributed by atoms with Gasteiger partial charge in [-0.1, -0.05) is 11.6 Å². The summed E-state index contributed by atoms with van der Waals surface area (Å²) < 4.78 is 11.4. The van der Waals surface area contributed by atoms with Crippen molar-refractivity contribution in [1.29, 1.82) is 0 Å². The Morgan fingerprint density at radius 2 is 1.93 bits per heavy atom. The number of carbonyl (C=O) groups excluding carboxylic acids is 1.